The molecule has 0 radical (unpaired) electrons. The van der Waals surface area contributed by atoms with Gasteiger partial charge >= 0.3 is 6.03 Å². The monoisotopic (exact) mass is 370 g/mol. The summed E-state index contributed by atoms with van der Waals surface area (Å²) in [6.07, 6.45) is 1.03. The minimum Gasteiger partial charge on any atom is -0.481 e. The summed E-state index contributed by atoms with van der Waals surface area (Å²) >= 11 is 0. The number of carbonyl (C=O) groups excluding carboxylic acids is 1. The van der Waals surface area contributed by atoms with Crippen molar-refractivity contribution in [3.8, 4) is 11.8 Å². The summed E-state index contributed by atoms with van der Waals surface area (Å²) < 4.78 is 10.3. The van der Waals surface area contributed by atoms with E-state index in [9.17, 15) is 4.79 Å². The molecule has 2 amide bonds. The molecule has 1 aromatic carbocycles. The van der Waals surface area contributed by atoms with Gasteiger partial charge in [-0.3, -0.25) is 4.90 Å². The SMILES string of the molecule is COc1ccc(NC(=O)N2CCN(CCc3ccccc3)CC2)c(OC)n1. The van der Waals surface area contributed by atoms with Crippen molar-refractivity contribution in [3.63, 3.8) is 0 Å². The lowest BCUT2D eigenvalue weighted by Gasteiger charge is -2.34. The normalized spacial score (nSPS) is 14.7. The van der Waals surface area contributed by atoms with Crippen LogP contribution in [0.3, 0.4) is 0 Å². The summed E-state index contributed by atoms with van der Waals surface area (Å²) in [5, 5.41) is 2.88. The van der Waals surface area contributed by atoms with Gasteiger partial charge in [-0.25, -0.2) is 4.79 Å². The lowest BCUT2D eigenvalue weighted by Crippen LogP contribution is -2.50. The number of hydrogen-bond donors (Lipinski definition) is 1. The molecule has 144 valence electrons. The van der Waals surface area contributed by atoms with E-state index in [1.54, 1.807) is 12.1 Å². The molecule has 1 fully saturated rings. The second-order valence-electron chi connectivity index (χ2n) is 6.40. The van der Waals surface area contributed by atoms with Gasteiger partial charge in [-0.1, -0.05) is 30.3 Å². The first-order valence-electron chi connectivity index (χ1n) is 9.11. The van der Waals surface area contributed by atoms with E-state index in [1.165, 1.54) is 19.8 Å². The first-order valence-corrected chi connectivity index (χ1v) is 9.11. The molecule has 1 N–H and O–H groups in total. The van der Waals surface area contributed by atoms with Gasteiger partial charge in [0.15, 0.2) is 0 Å². The van der Waals surface area contributed by atoms with Crippen LogP contribution in [0.1, 0.15) is 5.56 Å². The molecular formula is C20H26N4O3. The smallest absolute Gasteiger partial charge is 0.322 e. The van der Waals surface area contributed by atoms with Gasteiger partial charge in [0.25, 0.3) is 0 Å². The van der Waals surface area contributed by atoms with Crippen LogP contribution in [0.15, 0.2) is 42.5 Å². The molecule has 2 heterocycles. The van der Waals surface area contributed by atoms with Gasteiger partial charge in [-0.05, 0) is 18.1 Å². The third-order valence-electron chi connectivity index (χ3n) is 4.70. The predicted octanol–water partition coefficient (Wildman–Crippen LogP) is 2.49. The van der Waals surface area contributed by atoms with Crippen molar-refractivity contribution in [1.82, 2.24) is 14.8 Å². The van der Waals surface area contributed by atoms with Crippen LogP contribution in [0, 0.1) is 0 Å². The number of anilines is 1. The third-order valence-corrected chi connectivity index (χ3v) is 4.70. The fraction of sp³-hybridized carbons (Fsp3) is 0.400. The van der Waals surface area contributed by atoms with Crippen molar-refractivity contribution in [2.45, 2.75) is 6.42 Å². The summed E-state index contributed by atoms with van der Waals surface area (Å²) in [4.78, 5) is 21.0. The van der Waals surface area contributed by atoms with E-state index < -0.39 is 0 Å². The summed E-state index contributed by atoms with van der Waals surface area (Å²) in [6.45, 7) is 4.16. The number of carbonyl (C=O) groups is 1. The van der Waals surface area contributed by atoms with Crippen LogP contribution in [-0.4, -0.2) is 67.8 Å². The molecule has 7 heteroatoms. The van der Waals surface area contributed by atoms with Crippen LogP contribution in [0.5, 0.6) is 11.8 Å². The van der Waals surface area contributed by atoms with E-state index in [-0.39, 0.29) is 6.03 Å². The highest BCUT2D eigenvalue weighted by Crippen LogP contribution is 2.25. The zero-order valence-corrected chi connectivity index (χ0v) is 15.9. The van der Waals surface area contributed by atoms with Crippen LogP contribution < -0.4 is 14.8 Å². The summed E-state index contributed by atoms with van der Waals surface area (Å²) in [7, 11) is 3.06. The van der Waals surface area contributed by atoms with E-state index in [0.29, 0.717) is 30.5 Å². The first-order chi connectivity index (χ1) is 13.2. The van der Waals surface area contributed by atoms with Crippen molar-refractivity contribution < 1.29 is 14.3 Å². The molecule has 0 unspecified atom stereocenters. The number of urea groups is 1. The maximum absolute atomic E-state index is 12.6. The minimum atomic E-state index is -0.136. The number of piperazine rings is 1. The number of ether oxygens (including phenoxy) is 2. The van der Waals surface area contributed by atoms with Crippen molar-refractivity contribution in [2.75, 3.05) is 52.3 Å². The lowest BCUT2D eigenvalue weighted by molar-refractivity contribution is 0.148. The van der Waals surface area contributed by atoms with Crippen molar-refractivity contribution in [2.24, 2.45) is 0 Å². The predicted molar refractivity (Wildman–Crippen MR) is 105 cm³/mol. The number of methoxy groups -OCH3 is 2. The minimum absolute atomic E-state index is 0.136. The second-order valence-corrected chi connectivity index (χ2v) is 6.40. The Bertz CT molecular complexity index is 746. The van der Waals surface area contributed by atoms with Crippen LogP contribution in [0.2, 0.25) is 0 Å². The van der Waals surface area contributed by atoms with Crippen molar-refractivity contribution in [3.05, 3.63) is 48.0 Å². The molecule has 0 saturated carbocycles. The first kappa shape index (κ1) is 19.0. The molecule has 0 spiro atoms. The standard InChI is InChI=1S/C20H26N4O3/c1-26-18-9-8-17(19(22-18)27-2)21-20(25)24-14-12-23(13-15-24)11-10-16-6-4-3-5-7-16/h3-9H,10-15H2,1-2H3,(H,21,25). The highest BCUT2D eigenvalue weighted by atomic mass is 16.5. The summed E-state index contributed by atoms with van der Waals surface area (Å²) in [5.74, 6) is 0.779. The number of benzene rings is 1. The zero-order chi connectivity index (χ0) is 19.1. The average Bonchev–Trinajstić information content (AvgIpc) is 2.73. The maximum Gasteiger partial charge on any atom is 0.322 e. The molecule has 7 nitrogen and oxygen atoms in total. The average molecular weight is 370 g/mol. The number of nitrogens with one attached hydrogen (secondary N) is 1. The third kappa shape index (κ3) is 5.10. The Morgan fingerprint density at radius 3 is 2.44 bits per heavy atom. The Balaban J connectivity index is 1.48. The molecule has 2 aromatic rings. The lowest BCUT2D eigenvalue weighted by atomic mass is 10.1. The highest BCUT2D eigenvalue weighted by Gasteiger charge is 2.22. The van der Waals surface area contributed by atoms with Gasteiger partial charge < -0.3 is 19.7 Å². The number of nitrogens with zero attached hydrogens (tertiary/aromatic N) is 3. The molecular weight excluding hydrogens is 344 g/mol. The number of amides is 2. The second kappa shape index (κ2) is 9.23. The fourth-order valence-corrected chi connectivity index (χ4v) is 3.09. The Morgan fingerprint density at radius 1 is 1.04 bits per heavy atom. The Morgan fingerprint density at radius 2 is 1.78 bits per heavy atom. The van der Waals surface area contributed by atoms with E-state index in [1.807, 2.05) is 11.0 Å². The quantitative estimate of drug-likeness (QED) is 0.846. The molecule has 3 rings (SSSR count). The van der Waals surface area contributed by atoms with Gasteiger partial charge in [0.05, 0.1) is 14.2 Å². The highest BCUT2D eigenvalue weighted by molar-refractivity contribution is 5.90. The molecule has 0 bridgehead atoms. The van der Waals surface area contributed by atoms with E-state index in [0.717, 1.165) is 26.1 Å². The molecule has 1 aliphatic rings. The molecule has 27 heavy (non-hydrogen) atoms. The van der Waals surface area contributed by atoms with Crippen molar-refractivity contribution >= 4 is 11.7 Å². The van der Waals surface area contributed by atoms with Crippen LogP contribution in [-0.2, 0) is 6.42 Å². The van der Waals surface area contributed by atoms with Gasteiger partial charge in [-0.15, -0.1) is 0 Å². The fourth-order valence-electron chi connectivity index (χ4n) is 3.09. The van der Waals surface area contributed by atoms with Gasteiger partial charge in [0, 0.05) is 38.8 Å². The maximum atomic E-state index is 12.6. The van der Waals surface area contributed by atoms with Crippen molar-refractivity contribution in [1.29, 1.82) is 0 Å². The molecule has 1 aromatic heterocycles. The zero-order valence-electron chi connectivity index (χ0n) is 15.9. The van der Waals surface area contributed by atoms with Crippen LogP contribution in [0.4, 0.5) is 10.5 Å². The van der Waals surface area contributed by atoms with Gasteiger partial charge in [0.2, 0.25) is 11.8 Å². The van der Waals surface area contributed by atoms with Crippen LogP contribution >= 0.6 is 0 Å². The van der Waals surface area contributed by atoms with E-state index in [4.69, 9.17) is 9.47 Å². The largest absolute Gasteiger partial charge is 0.481 e. The van der Waals surface area contributed by atoms with E-state index >= 15 is 0 Å². The number of rotatable bonds is 6. The van der Waals surface area contributed by atoms with Crippen LogP contribution in [0.25, 0.3) is 0 Å². The molecule has 0 atom stereocenters. The van der Waals surface area contributed by atoms with Gasteiger partial charge in [0.1, 0.15) is 5.69 Å². The Kier molecular flexibility index (Phi) is 6.49. The van der Waals surface area contributed by atoms with Gasteiger partial charge in [-0.2, -0.15) is 4.98 Å². The number of pyridine rings is 1. The topological polar surface area (TPSA) is 66.9 Å². The number of hydrogen-bond acceptors (Lipinski definition) is 5. The summed E-state index contributed by atoms with van der Waals surface area (Å²) in [6, 6.07) is 13.8. The van der Waals surface area contributed by atoms with E-state index in [2.05, 4.69) is 39.5 Å². The Hall–Kier alpha value is -2.80. The summed E-state index contributed by atoms with van der Waals surface area (Å²) in [5.41, 5.74) is 1.88. The number of aromatic nitrogens is 1. The molecule has 0 aliphatic carbocycles. The molecule has 1 aliphatic heterocycles. The molecule has 1 saturated heterocycles. The Labute approximate surface area is 159 Å².